The fourth-order valence-electron chi connectivity index (χ4n) is 0.466. The lowest BCUT2D eigenvalue weighted by Crippen LogP contribution is -1.99. The third kappa shape index (κ3) is 2.01. The van der Waals surface area contributed by atoms with Gasteiger partial charge in [-0.25, -0.2) is 23.1 Å². The van der Waals surface area contributed by atoms with Crippen molar-refractivity contribution in [3.63, 3.8) is 0 Å². The number of nitrogens with zero attached hydrogens (tertiary/aromatic N) is 1. The molecule has 1 atom stereocenters. The molecule has 0 amide bonds. The molecule has 0 bridgehead atoms. The molecule has 0 saturated carbocycles. The molecule has 0 aliphatic carbocycles. The van der Waals surface area contributed by atoms with Crippen LogP contribution >= 0.6 is 11.3 Å². The number of alkyl halides is 2. The number of aromatic nitrogens is 1. The second-order valence-electron chi connectivity index (χ2n) is 1.62. The van der Waals surface area contributed by atoms with Gasteiger partial charge < -0.3 is 0 Å². The third-order valence-corrected chi connectivity index (χ3v) is 2.93. The highest BCUT2D eigenvalue weighted by atomic mass is 32.2. The monoisotopic (exact) mass is 198 g/mol. The Morgan fingerprint density at radius 1 is 1.73 bits per heavy atom. The molecule has 1 rings (SSSR count). The molecule has 2 N–H and O–H groups in total. The van der Waals surface area contributed by atoms with Crippen LogP contribution in [-0.4, -0.2) is 9.19 Å². The number of halogens is 2. The smallest absolute Gasteiger partial charge is 0.247 e. The second kappa shape index (κ2) is 3.33. The minimum atomic E-state index is -2.61. The van der Waals surface area contributed by atoms with Crippen LogP contribution in [-0.2, 0) is 11.0 Å². The van der Waals surface area contributed by atoms with Crippen LogP contribution in [0.1, 0.15) is 11.4 Å². The molecule has 0 spiro atoms. The Labute approximate surface area is 67.8 Å². The minimum Gasteiger partial charge on any atom is -0.247 e. The summed E-state index contributed by atoms with van der Waals surface area (Å²) in [4.78, 5) is 3.33. The van der Waals surface area contributed by atoms with Gasteiger partial charge in [0.15, 0.2) is 5.01 Å². The van der Waals surface area contributed by atoms with E-state index in [4.69, 9.17) is 5.14 Å². The van der Waals surface area contributed by atoms with Crippen LogP contribution in [0.2, 0.25) is 0 Å². The van der Waals surface area contributed by atoms with Crippen molar-refractivity contribution in [1.29, 1.82) is 0 Å². The number of hydrogen-bond donors (Lipinski definition) is 1. The van der Waals surface area contributed by atoms with Crippen molar-refractivity contribution in [3.8, 4) is 0 Å². The third-order valence-electron chi connectivity index (χ3n) is 0.887. The first-order valence-electron chi connectivity index (χ1n) is 2.51. The van der Waals surface area contributed by atoms with Gasteiger partial charge >= 0.3 is 0 Å². The summed E-state index contributed by atoms with van der Waals surface area (Å²) >= 11 is 0.663. The molecule has 0 aromatic carbocycles. The molecule has 0 radical (unpaired) electrons. The van der Waals surface area contributed by atoms with Crippen molar-refractivity contribution in [1.82, 2.24) is 4.98 Å². The van der Waals surface area contributed by atoms with Gasteiger partial charge in [-0.3, -0.25) is 0 Å². The maximum Gasteiger partial charge on any atom is 0.289 e. The van der Waals surface area contributed by atoms with Gasteiger partial charge in [-0.15, -0.1) is 11.3 Å². The Hall–Kier alpha value is -0.400. The summed E-state index contributed by atoms with van der Waals surface area (Å²) in [7, 11) is -1.70. The standard InChI is InChI=1S/C4H4F2N2OS2/c5-3(6)4-8-1-2(10-4)11(7)9/h1,3H,7H2. The zero-order valence-electron chi connectivity index (χ0n) is 5.16. The van der Waals surface area contributed by atoms with E-state index in [1.54, 1.807) is 0 Å². The van der Waals surface area contributed by atoms with E-state index in [1.165, 1.54) is 0 Å². The Morgan fingerprint density at radius 3 is 2.64 bits per heavy atom. The van der Waals surface area contributed by atoms with E-state index in [0.29, 0.717) is 11.3 Å². The highest BCUT2D eigenvalue weighted by Gasteiger charge is 2.13. The highest BCUT2D eigenvalue weighted by molar-refractivity contribution is 7.85. The molecular formula is C4H4F2N2OS2. The van der Waals surface area contributed by atoms with Gasteiger partial charge in [-0.2, -0.15) is 0 Å². The average Bonchev–Trinajstić information content (AvgIpc) is 2.33. The van der Waals surface area contributed by atoms with E-state index in [2.05, 4.69) is 4.98 Å². The lowest BCUT2D eigenvalue weighted by molar-refractivity contribution is 0.151. The van der Waals surface area contributed by atoms with Gasteiger partial charge in [-0.1, -0.05) is 0 Å². The Morgan fingerprint density at radius 2 is 2.36 bits per heavy atom. The van der Waals surface area contributed by atoms with E-state index in [0.717, 1.165) is 6.20 Å². The molecule has 0 aliphatic rings. The second-order valence-corrected chi connectivity index (χ2v) is 3.97. The molecule has 0 aliphatic heterocycles. The molecule has 0 saturated heterocycles. The number of thiazole rings is 1. The molecule has 1 heterocycles. The highest BCUT2D eigenvalue weighted by Crippen LogP contribution is 2.24. The van der Waals surface area contributed by atoms with Crippen molar-refractivity contribution >= 4 is 22.3 Å². The summed E-state index contributed by atoms with van der Waals surface area (Å²) in [5.41, 5.74) is 0. The lowest BCUT2D eigenvalue weighted by Gasteiger charge is -1.87. The van der Waals surface area contributed by atoms with Crippen molar-refractivity contribution in [2.24, 2.45) is 5.14 Å². The van der Waals surface area contributed by atoms with Gasteiger partial charge in [0.2, 0.25) is 0 Å². The summed E-state index contributed by atoms with van der Waals surface area (Å²) in [6.07, 6.45) is -1.51. The topological polar surface area (TPSA) is 56.0 Å². The number of nitrogens with two attached hydrogens (primary N) is 1. The first kappa shape index (κ1) is 8.69. The summed E-state index contributed by atoms with van der Waals surface area (Å²) in [6.45, 7) is 0. The predicted octanol–water partition coefficient (Wildman–Crippen LogP) is 1.06. The van der Waals surface area contributed by atoms with Crippen molar-refractivity contribution in [3.05, 3.63) is 11.2 Å². The average molecular weight is 198 g/mol. The Bertz CT molecular complexity index is 275. The molecule has 1 aromatic heterocycles. The van der Waals surface area contributed by atoms with E-state index >= 15 is 0 Å². The van der Waals surface area contributed by atoms with Crippen molar-refractivity contribution in [2.75, 3.05) is 0 Å². The first-order chi connectivity index (χ1) is 5.11. The first-order valence-corrected chi connectivity index (χ1v) is 4.54. The Balaban J connectivity index is 2.90. The normalized spacial score (nSPS) is 13.8. The quantitative estimate of drug-likeness (QED) is 0.772. The van der Waals surface area contributed by atoms with Crippen LogP contribution in [0.25, 0.3) is 0 Å². The van der Waals surface area contributed by atoms with Gasteiger partial charge in [-0.05, 0) is 0 Å². The summed E-state index contributed by atoms with van der Waals surface area (Å²) in [6, 6.07) is 0. The summed E-state index contributed by atoms with van der Waals surface area (Å²) < 4.78 is 34.4. The zero-order valence-corrected chi connectivity index (χ0v) is 6.79. The van der Waals surface area contributed by atoms with Gasteiger partial charge in [0.1, 0.15) is 15.2 Å². The van der Waals surface area contributed by atoms with E-state index in [9.17, 15) is 13.0 Å². The van der Waals surface area contributed by atoms with E-state index in [-0.39, 0.29) is 9.22 Å². The Kier molecular flexibility index (Phi) is 2.63. The van der Waals surface area contributed by atoms with Crippen LogP contribution in [0, 0.1) is 0 Å². The van der Waals surface area contributed by atoms with Gasteiger partial charge in [0.25, 0.3) is 6.43 Å². The fourth-order valence-corrected chi connectivity index (χ4v) is 1.71. The van der Waals surface area contributed by atoms with Crippen LogP contribution in [0.15, 0.2) is 10.4 Å². The summed E-state index contributed by atoms with van der Waals surface area (Å²) in [5, 5.41) is 4.58. The summed E-state index contributed by atoms with van der Waals surface area (Å²) in [5.74, 6) is 0. The molecule has 62 valence electrons. The fraction of sp³-hybridized carbons (Fsp3) is 0.250. The molecule has 11 heavy (non-hydrogen) atoms. The van der Waals surface area contributed by atoms with E-state index in [1.807, 2.05) is 0 Å². The number of hydrogen-bond acceptors (Lipinski definition) is 3. The number of rotatable bonds is 2. The molecular weight excluding hydrogens is 194 g/mol. The van der Waals surface area contributed by atoms with Crippen molar-refractivity contribution < 1.29 is 13.0 Å². The SMILES string of the molecule is NS(=O)c1cnc(C(F)F)s1. The lowest BCUT2D eigenvalue weighted by atomic mass is 10.7. The maximum absolute atomic E-state index is 11.9. The predicted molar refractivity (Wildman–Crippen MR) is 37.7 cm³/mol. The molecule has 0 fully saturated rings. The zero-order chi connectivity index (χ0) is 8.43. The van der Waals surface area contributed by atoms with E-state index < -0.39 is 17.4 Å². The molecule has 7 heteroatoms. The van der Waals surface area contributed by atoms with Crippen molar-refractivity contribution in [2.45, 2.75) is 10.6 Å². The molecule has 1 aromatic rings. The molecule has 3 nitrogen and oxygen atoms in total. The minimum absolute atomic E-state index is 0.167. The van der Waals surface area contributed by atoms with Crippen LogP contribution < -0.4 is 5.14 Å². The maximum atomic E-state index is 11.9. The molecule has 1 unspecified atom stereocenters. The van der Waals surface area contributed by atoms with Gasteiger partial charge in [0, 0.05) is 0 Å². The van der Waals surface area contributed by atoms with Crippen LogP contribution in [0.3, 0.4) is 0 Å². The van der Waals surface area contributed by atoms with Gasteiger partial charge in [0.05, 0.1) is 6.20 Å². The van der Waals surface area contributed by atoms with Crippen LogP contribution in [0.4, 0.5) is 8.78 Å². The van der Waals surface area contributed by atoms with Crippen LogP contribution in [0.5, 0.6) is 0 Å². The largest absolute Gasteiger partial charge is 0.289 e.